The van der Waals surface area contributed by atoms with Gasteiger partial charge in [0.2, 0.25) is 0 Å². The van der Waals surface area contributed by atoms with Crippen LogP contribution in [0.1, 0.15) is 12.7 Å². The van der Waals surface area contributed by atoms with Crippen LogP contribution in [0.25, 0.3) is 10.2 Å². The van der Waals surface area contributed by atoms with Crippen LogP contribution in [0.15, 0.2) is 11.4 Å². The largest absolute Gasteiger partial charge is 0.395 e. The van der Waals surface area contributed by atoms with Gasteiger partial charge in [-0.05, 0) is 25.4 Å². The molecule has 0 amide bonds. The summed E-state index contributed by atoms with van der Waals surface area (Å²) in [7, 11) is 3.82. The van der Waals surface area contributed by atoms with E-state index >= 15 is 0 Å². The van der Waals surface area contributed by atoms with Crippen LogP contribution in [0.5, 0.6) is 0 Å². The molecule has 98 valence electrons. The molecule has 0 radical (unpaired) electrons. The molecule has 0 aliphatic heterocycles. The topological polar surface area (TPSA) is 61.3 Å². The van der Waals surface area contributed by atoms with E-state index in [0.717, 1.165) is 21.9 Å². The first-order valence-electron chi connectivity index (χ1n) is 5.88. The molecule has 2 aromatic rings. The lowest BCUT2D eigenvalue weighted by Crippen LogP contribution is -2.32. The van der Waals surface area contributed by atoms with Gasteiger partial charge in [-0.3, -0.25) is 4.90 Å². The van der Waals surface area contributed by atoms with Crippen molar-refractivity contribution in [3.63, 3.8) is 0 Å². The van der Waals surface area contributed by atoms with Crippen molar-refractivity contribution in [2.45, 2.75) is 19.5 Å². The van der Waals surface area contributed by atoms with Crippen molar-refractivity contribution in [3.05, 3.63) is 17.3 Å². The number of fused-ring (bicyclic) bond motifs is 1. The van der Waals surface area contributed by atoms with Gasteiger partial charge in [0.05, 0.1) is 18.5 Å². The van der Waals surface area contributed by atoms with Gasteiger partial charge in [0.15, 0.2) is 0 Å². The molecule has 1 unspecified atom stereocenters. The zero-order valence-corrected chi connectivity index (χ0v) is 11.7. The Morgan fingerprint density at radius 1 is 1.50 bits per heavy atom. The Labute approximate surface area is 110 Å². The van der Waals surface area contributed by atoms with E-state index in [1.54, 1.807) is 11.3 Å². The van der Waals surface area contributed by atoms with Crippen molar-refractivity contribution in [2.24, 2.45) is 0 Å². The molecule has 6 heteroatoms. The number of aliphatic hydroxyl groups is 1. The Hall–Kier alpha value is -1.24. The molecule has 0 saturated carbocycles. The molecule has 2 aromatic heterocycles. The third-order valence-electron chi connectivity index (χ3n) is 3.02. The molecule has 0 aliphatic carbocycles. The lowest BCUT2D eigenvalue weighted by atomic mass is 10.3. The van der Waals surface area contributed by atoms with Crippen molar-refractivity contribution in [3.8, 4) is 0 Å². The van der Waals surface area contributed by atoms with E-state index in [9.17, 15) is 0 Å². The van der Waals surface area contributed by atoms with Crippen LogP contribution in [0.4, 0.5) is 5.82 Å². The summed E-state index contributed by atoms with van der Waals surface area (Å²) in [5.41, 5.74) is 0. The number of nitrogens with one attached hydrogen (secondary N) is 1. The highest BCUT2D eigenvalue weighted by atomic mass is 32.1. The van der Waals surface area contributed by atoms with Gasteiger partial charge in [-0.15, -0.1) is 11.3 Å². The van der Waals surface area contributed by atoms with Crippen molar-refractivity contribution in [1.29, 1.82) is 0 Å². The SMILES string of the molecule is CNc1nc(CN(C)C(C)CO)nc2sccc12. The molecule has 0 bridgehead atoms. The van der Waals surface area contributed by atoms with Crippen LogP contribution >= 0.6 is 11.3 Å². The second kappa shape index (κ2) is 5.60. The van der Waals surface area contributed by atoms with E-state index in [1.807, 2.05) is 37.4 Å². The molecule has 0 spiro atoms. The molecular formula is C12H18N4OS. The maximum absolute atomic E-state index is 9.13. The summed E-state index contributed by atoms with van der Waals surface area (Å²) in [6, 6.07) is 2.13. The quantitative estimate of drug-likeness (QED) is 0.859. The van der Waals surface area contributed by atoms with Crippen molar-refractivity contribution in [1.82, 2.24) is 14.9 Å². The lowest BCUT2D eigenvalue weighted by molar-refractivity contribution is 0.151. The molecule has 18 heavy (non-hydrogen) atoms. The molecule has 2 rings (SSSR count). The normalized spacial score (nSPS) is 13.2. The molecule has 5 nitrogen and oxygen atoms in total. The van der Waals surface area contributed by atoms with Gasteiger partial charge in [0.25, 0.3) is 0 Å². The zero-order valence-electron chi connectivity index (χ0n) is 10.8. The third-order valence-corrected chi connectivity index (χ3v) is 3.82. The molecule has 0 fully saturated rings. The van der Waals surface area contributed by atoms with Crippen molar-refractivity contribution >= 4 is 27.4 Å². The van der Waals surface area contributed by atoms with Gasteiger partial charge in [0.1, 0.15) is 16.5 Å². The van der Waals surface area contributed by atoms with Gasteiger partial charge >= 0.3 is 0 Å². The molecular weight excluding hydrogens is 248 g/mol. The number of aromatic nitrogens is 2. The monoisotopic (exact) mass is 266 g/mol. The highest BCUT2D eigenvalue weighted by Crippen LogP contribution is 2.24. The number of nitrogens with zero attached hydrogens (tertiary/aromatic N) is 3. The van der Waals surface area contributed by atoms with Crippen LogP contribution in [-0.2, 0) is 6.54 Å². The molecule has 2 N–H and O–H groups in total. The Kier molecular flexibility index (Phi) is 4.11. The standard InChI is InChI=1S/C12H18N4OS/c1-8(7-17)16(3)6-10-14-11(13-2)9-4-5-18-12(9)15-10/h4-5,8,17H,6-7H2,1-3H3,(H,13,14,15). The van der Waals surface area contributed by atoms with Crippen molar-refractivity contribution < 1.29 is 5.11 Å². The van der Waals surface area contributed by atoms with E-state index in [2.05, 4.69) is 15.3 Å². The van der Waals surface area contributed by atoms with E-state index in [1.165, 1.54) is 0 Å². The minimum absolute atomic E-state index is 0.102. The highest BCUT2D eigenvalue weighted by molar-refractivity contribution is 7.16. The number of aliphatic hydroxyl groups excluding tert-OH is 1. The smallest absolute Gasteiger partial charge is 0.146 e. The van der Waals surface area contributed by atoms with Crippen LogP contribution in [-0.4, -0.2) is 46.7 Å². The minimum Gasteiger partial charge on any atom is -0.395 e. The van der Waals surface area contributed by atoms with E-state index in [-0.39, 0.29) is 12.6 Å². The molecule has 2 heterocycles. The first kappa shape index (κ1) is 13.2. The zero-order chi connectivity index (χ0) is 13.1. The van der Waals surface area contributed by atoms with Crippen molar-refractivity contribution in [2.75, 3.05) is 26.0 Å². The number of hydrogen-bond acceptors (Lipinski definition) is 6. The Morgan fingerprint density at radius 3 is 2.94 bits per heavy atom. The first-order chi connectivity index (χ1) is 8.65. The average molecular weight is 266 g/mol. The number of rotatable bonds is 5. The minimum atomic E-state index is 0.102. The van der Waals surface area contributed by atoms with Crippen LogP contribution in [0.2, 0.25) is 0 Å². The summed E-state index contributed by atoms with van der Waals surface area (Å²) < 4.78 is 0. The second-order valence-corrected chi connectivity index (χ2v) is 5.22. The summed E-state index contributed by atoms with van der Waals surface area (Å²) in [6.45, 7) is 2.74. The summed E-state index contributed by atoms with van der Waals surface area (Å²) >= 11 is 1.61. The predicted octanol–water partition coefficient (Wildman–Crippen LogP) is 1.55. The van der Waals surface area contributed by atoms with E-state index < -0.39 is 0 Å². The molecule has 0 aromatic carbocycles. The fraction of sp³-hybridized carbons (Fsp3) is 0.500. The number of thiophene rings is 1. The summed E-state index contributed by atoms with van der Waals surface area (Å²) in [5, 5.41) is 15.3. The van der Waals surface area contributed by atoms with Gasteiger partial charge in [0, 0.05) is 13.1 Å². The summed E-state index contributed by atoms with van der Waals surface area (Å²) in [5.74, 6) is 1.64. The van der Waals surface area contributed by atoms with Gasteiger partial charge < -0.3 is 10.4 Å². The van der Waals surface area contributed by atoms with Crippen LogP contribution in [0.3, 0.4) is 0 Å². The van der Waals surface area contributed by atoms with Gasteiger partial charge in [-0.1, -0.05) is 0 Å². The number of likely N-dealkylation sites (N-methyl/N-ethyl adjacent to an activating group) is 1. The molecule has 0 aliphatic rings. The predicted molar refractivity (Wildman–Crippen MR) is 75.0 cm³/mol. The summed E-state index contributed by atoms with van der Waals surface area (Å²) in [6.07, 6.45) is 0. The fourth-order valence-electron chi connectivity index (χ4n) is 1.68. The van der Waals surface area contributed by atoms with Gasteiger partial charge in [-0.2, -0.15) is 0 Å². The van der Waals surface area contributed by atoms with Gasteiger partial charge in [-0.25, -0.2) is 9.97 Å². The molecule has 1 atom stereocenters. The highest BCUT2D eigenvalue weighted by Gasteiger charge is 2.12. The van der Waals surface area contributed by atoms with Crippen LogP contribution in [0, 0.1) is 0 Å². The first-order valence-corrected chi connectivity index (χ1v) is 6.76. The van der Waals surface area contributed by atoms with E-state index in [0.29, 0.717) is 6.54 Å². The second-order valence-electron chi connectivity index (χ2n) is 4.32. The lowest BCUT2D eigenvalue weighted by Gasteiger charge is -2.21. The molecule has 0 saturated heterocycles. The number of anilines is 1. The third kappa shape index (κ3) is 2.60. The maximum Gasteiger partial charge on any atom is 0.146 e. The summed E-state index contributed by atoms with van der Waals surface area (Å²) in [4.78, 5) is 12.1. The van der Waals surface area contributed by atoms with Crippen LogP contribution < -0.4 is 5.32 Å². The Balaban J connectivity index is 2.28. The Morgan fingerprint density at radius 2 is 2.28 bits per heavy atom. The van der Waals surface area contributed by atoms with E-state index in [4.69, 9.17) is 5.11 Å². The Bertz CT molecular complexity index is 528. The fourth-order valence-corrected chi connectivity index (χ4v) is 2.46. The average Bonchev–Trinajstić information content (AvgIpc) is 2.84. The maximum atomic E-state index is 9.13. The number of hydrogen-bond donors (Lipinski definition) is 2.